The van der Waals surface area contributed by atoms with Crippen molar-refractivity contribution < 1.29 is 4.42 Å². The summed E-state index contributed by atoms with van der Waals surface area (Å²) in [5.41, 5.74) is 20.4. The monoisotopic (exact) mass is 872 g/mol. The Morgan fingerprint density at radius 3 is 1.00 bits per heavy atom. The molecule has 0 N–H and O–H groups in total. The van der Waals surface area contributed by atoms with Gasteiger partial charge in [-0.3, -0.25) is 0 Å². The van der Waals surface area contributed by atoms with Gasteiger partial charge in [0.05, 0.1) is 0 Å². The van der Waals surface area contributed by atoms with Crippen LogP contribution in [0.15, 0.2) is 259 Å². The maximum absolute atomic E-state index is 6.58. The minimum absolute atomic E-state index is 0.300. The van der Waals surface area contributed by atoms with Crippen molar-refractivity contribution in [1.29, 1.82) is 0 Å². The van der Waals surface area contributed by atoms with Gasteiger partial charge in [-0.2, -0.15) is 0 Å². The summed E-state index contributed by atoms with van der Waals surface area (Å²) in [6.45, 7) is 4.57. The summed E-state index contributed by atoms with van der Waals surface area (Å²) >= 11 is 0. The van der Waals surface area contributed by atoms with Crippen LogP contribution in [-0.2, 0) is 5.41 Å². The molecule has 12 rings (SSSR count). The smallest absolute Gasteiger partial charge is 0.134 e. The van der Waals surface area contributed by atoms with E-state index in [0.717, 1.165) is 56.6 Å². The Labute approximate surface area is 398 Å². The van der Waals surface area contributed by atoms with Crippen LogP contribution in [0.5, 0.6) is 0 Å². The SMILES string of the molecule is CC1(C)c2cc(N(c3ccc(-c4ccccc4)cc3)c3ccc(-c4ccc(N(c5ccc(-c6ccccc6)cc5)c5ccc(-c6ccccc6)cc5)cc4)cc3)ccc2-c2c1oc1ccccc21. The normalized spacial score (nSPS) is 12.4. The number of furan rings is 1. The van der Waals surface area contributed by atoms with Crippen molar-refractivity contribution in [3.8, 4) is 55.6 Å². The average molecular weight is 873 g/mol. The molecule has 10 aromatic carbocycles. The Morgan fingerprint density at radius 1 is 0.309 bits per heavy atom. The van der Waals surface area contributed by atoms with Gasteiger partial charge >= 0.3 is 0 Å². The molecule has 0 saturated carbocycles. The van der Waals surface area contributed by atoms with Crippen LogP contribution < -0.4 is 9.80 Å². The zero-order valence-electron chi connectivity index (χ0n) is 38.1. The molecule has 68 heavy (non-hydrogen) atoms. The molecule has 0 bridgehead atoms. The predicted molar refractivity (Wildman–Crippen MR) is 285 cm³/mol. The van der Waals surface area contributed by atoms with Crippen LogP contribution >= 0.6 is 0 Å². The molecule has 1 aliphatic rings. The van der Waals surface area contributed by atoms with Crippen LogP contribution in [0, 0.1) is 0 Å². The quantitative estimate of drug-likeness (QED) is 0.136. The molecule has 3 nitrogen and oxygen atoms in total. The van der Waals surface area contributed by atoms with Gasteiger partial charge in [0.15, 0.2) is 0 Å². The second-order valence-electron chi connectivity index (χ2n) is 18.2. The number of rotatable bonds is 10. The molecule has 11 aromatic rings. The lowest BCUT2D eigenvalue weighted by Gasteiger charge is -2.28. The van der Waals surface area contributed by atoms with Crippen LogP contribution in [0.25, 0.3) is 66.6 Å². The maximum atomic E-state index is 6.58. The minimum Gasteiger partial charge on any atom is -0.459 e. The Kier molecular flexibility index (Phi) is 10.2. The van der Waals surface area contributed by atoms with Crippen molar-refractivity contribution in [2.45, 2.75) is 19.3 Å². The molecular formula is C65H48N2O. The van der Waals surface area contributed by atoms with E-state index < -0.39 is 0 Å². The Balaban J connectivity index is 0.886. The van der Waals surface area contributed by atoms with Gasteiger partial charge in [0.1, 0.15) is 11.3 Å². The molecule has 0 unspecified atom stereocenters. The molecule has 0 aliphatic heterocycles. The number of nitrogens with zero attached hydrogens (tertiary/aromatic N) is 2. The summed E-state index contributed by atoms with van der Waals surface area (Å²) in [6.07, 6.45) is 0. The van der Waals surface area contributed by atoms with Crippen molar-refractivity contribution in [2.75, 3.05) is 9.80 Å². The second-order valence-corrected chi connectivity index (χ2v) is 18.2. The molecular weight excluding hydrogens is 825 g/mol. The summed E-state index contributed by atoms with van der Waals surface area (Å²) < 4.78 is 6.58. The van der Waals surface area contributed by atoms with Gasteiger partial charge in [-0.1, -0.05) is 176 Å². The first-order valence-corrected chi connectivity index (χ1v) is 23.4. The first kappa shape index (κ1) is 40.8. The lowest BCUT2D eigenvalue weighted by atomic mass is 9.85. The van der Waals surface area contributed by atoms with E-state index in [9.17, 15) is 0 Å². The molecule has 324 valence electrons. The van der Waals surface area contributed by atoms with E-state index in [1.54, 1.807) is 0 Å². The van der Waals surface area contributed by atoms with Crippen molar-refractivity contribution in [3.63, 3.8) is 0 Å². The van der Waals surface area contributed by atoms with Gasteiger partial charge in [-0.15, -0.1) is 0 Å². The Morgan fingerprint density at radius 2 is 0.618 bits per heavy atom. The van der Waals surface area contributed by atoms with E-state index in [1.165, 1.54) is 55.5 Å². The van der Waals surface area contributed by atoms with Crippen molar-refractivity contribution >= 4 is 45.1 Å². The van der Waals surface area contributed by atoms with Crippen LogP contribution in [0.1, 0.15) is 25.2 Å². The third-order valence-corrected chi connectivity index (χ3v) is 13.6. The number of benzene rings is 10. The van der Waals surface area contributed by atoms with E-state index in [-0.39, 0.29) is 5.41 Å². The third kappa shape index (κ3) is 7.35. The van der Waals surface area contributed by atoms with Crippen molar-refractivity contribution in [2.24, 2.45) is 0 Å². The summed E-state index contributed by atoms with van der Waals surface area (Å²) in [7, 11) is 0. The third-order valence-electron chi connectivity index (χ3n) is 13.6. The number of hydrogen-bond acceptors (Lipinski definition) is 3. The van der Waals surface area contributed by atoms with Crippen molar-refractivity contribution in [3.05, 3.63) is 266 Å². The largest absolute Gasteiger partial charge is 0.459 e. The van der Waals surface area contributed by atoms with E-state index in [2.05, 4.69) is 272 Å². The molecule has 0 fully saturated rings. The van der Waals surface area contributed by atoms with Gasteiger partial charge < -0.3 is 14.2 Å². The zero-order valence-corrected chi connectivity index (χ0v) is 38.1. The lowest BCUT2D eigenvalue weighted by molar-refractivity contribution is 0.465. The molecule has 0 spiro atoms. The molecule has 0 saturated heterocycles. The van der Waals surface area contributed by atoms with Crippen LogP contribution in [-0.4, -0.2) is 0 Å². The lowest BCUT2D eigenvalue weighted by Crippen LogP contribution is -2.16. The minimum atomic E-state index is -0.300. The Bertz CT molecular complexity index is 3440. The second kappa shape index (κ2) is 17.0. The fourth-order valence-electron chi connectivity index (χ4n) is 10.1. The van der Waals surface area contributed by atoms with Crippen molar-refractivity contribution in [1.82, 2.24) is 0 Å². The van der Waals surface area contributed by atoms with Crippen LogP contribution in [0.3, 0.4) is 0 Å². The average Bonchev–Trinajstić information content (AvgIpc) is 3.91. The molecule has 1 aliphatic carbocycles. The molecule has 1 aromatic heterocycles. The number of para-hydroxylation sites is 1. The highest BCUT2D eigenvalue weighted by atomic mass is 16.3. The molecule has 0 atom stereocenters. The standard InChI is InChI=1S/C65H48N2O/c1-65(2)61-44-58(42-43-59(61)63-60-20-12-13-21-62(60)68-64(63)65)67(56-38-26-50(27-39-56)47-18-10-5-11-19-47)57-40-30-52(31-41-57)51-28-36-55(37-29-51)66(53-32-22-48(23-33-53)45-14-6-3-7-15-45)54-34-24-49(25-35-54)46-16-8-4-9-17-46/h3-44H,1-2H3. The summed E-state index contributed by atoms with van der Waals surface area (Å²) in [5, 5.41) is 1.17. The van der Waals surface area contributed by atoms with Crippen LogP contribution in [0.4, 0.5) is 34.1 Å². The van der Waals surface area contributed by atoms with E-state index in [0.29, 0.717) is 0 Å². The van der Waals surface area contributed by atoms with Crippen LogP contribution in [0.2, 0.25) is 0 Å². The Hall–Kier alpha value is -8.66. The van der Waals surface area contributed by atoms with Gasteiger partial charge in [0.25, 0.3) is 0 Å². The highest BCUT2D eigenvalue weighted by Gasteiger charge is 2.41. The van der Waals surface area contributed by atoms with Gasteiger partial charge in [0.2, 0.25) is 0 Å². The highest BCUT2D eigenvalue weighted by molar-refractivity contribution is 6.01. The number of fused-ring (bicyclic) bond motifs is 5. The van der Waals surface area contributed by atoms with E-state index >= 15 is 0 Å². The zero-order chi connectivity index (χ0) is 45.6. The van der Waals surface area contributed by atoms with E-state index in [4.69, 9.17) is 4.42 Å². The van der Waals surface area contributed by atoms with Gasteiger partial charge in [-0.05, 0) is 148 Å². The maximum Gasteiger partial charge on any atom is 0.134 e. The summed E-state index contributed by atoms with van der Waals surface area (Å²) in [6, 6.07) is 91.6. The van der Waals surface area contributed by atoms with Gasteiger partial charge in [0, 0.05) is 50.5 Å². The number of anilines is 6. The molecule has 0 amide bonds. The summed E-state index contributed by atoms with van der Waals surface area (Å²) in [5.74, 6) is 1.03. The molecule has 1 heterocycles. The molecule has 0 radical (unpaired) electrons. The summed E-state index contributed by atoms with van der Waals surface area (Å²) in [4.78, 5) is 4.71. The first-order chi connectivity index (χ1) is 33.5. The fourth-order valence-corrected chi connectivity index (χ4v) is 10.1. The molecule has 3 heteroatoms. The predicted octanol–water partition coefficient (Wildman–Crippen LogP) is 18.3. The first-order valence-electron chi connectivity index (χ1n) is 23.4. The van der Waals surface area contributed by atoms with E-state index in [1.807, 2.05) is 6.07 Å². The highest BCUT2D eigenvalue weighted by Crippen LogP contribution is 2.54. The topological polar surface area (TPSA) is 19.6 Å². The fraction of sp³-hybridized carbons (Fsp3) is 0.0462. The van der Waals surface area contributed by atoms with Gasteiger partial charge in [-0.25, -0.2) is 0 Å². The number of hydrogen-bond donors (Lipinski definition) is 0.